The van der Waals surface area contributed by atoms with Gasteiger partial charge in [0.2, 0.25) is 0 Å². The highest BCUT2D eigenvalue weighted by atomic mass is 32.2. The molecule has 1 fully saturated rings. The van der Waals surface area contributed by atoms with Crippen LogP contribution in [0.25, 0.3) is 0 Å². The average molecular weight is 295 g/mol. The molecule has 110 valence electrons. The van der Waals surface area contributed by atoms with Crippen LogP contribution in [-0.4, -0.2) is 56.0 Å². The number of aromatic nitrogens is 1. The van der Waals surface area contributed by atoms with E-state index in [4.69, 9.17) is 0 Å². The molecular weight excluding hydrogens is 274 g/mol. The lowest BCUT2D eigenvalue weighted by Gasteiger charge is -2.27. The van der Waals surface area contributed by atoms with E-state index in [1.165, 1.54) is 24.8 Å². The van der Waals surface area contributed by atoms with Gasteiger partial charge in [0.1, 0.15) is 9.84 Å². The fraction of sp³-hybridized carbons (Fsp3) is 0.643. The maximum Gasteiger partial charge on any atom is 0.148 e. The third kappa shape index (κ3) is 2.96. The Morgan fingerprint density at radius 3 is 3.10 bits per heavy atom. The van der Waals surface area contributed by atoms with Crippen molar-refractivity contribution >= 4 is 15.5 Å². The van der Waals surface area contributed by atoms with Gasteiger partial charge in [0, 0.05) is 44.7 Å². The fourth-order valence-electron chi connectivity index (χ4n) is 3.20. The smallest absolute Gasteiger partial charge is 0.148 e. The molecule has 6 heteroatoms. The zero-order valence-electron chi connectivity index (χ0n) is 11.8. The van der Waals surface area contributed by atoms with Crippen molar-refractivity contribution in [2.45, 2.75) is 25.4 Å². The van der Waals surface area contributed by atoms with Crippen LogP contribution in [0.3, 0.4) is 0 Å². The van der Waals surface area contributed by atoms with Crippen LogP contribution in [0, 0.1) is 0 Å². The Bertz CT molecular complexity index is 588. The zero-order chi connectivity index (χ0) is 14.2. The molecule has 0 bridgehead atoms. The van der Waals surface area contributed by atoms with Crippen LogP contribution in [0.5, 0.6) is 0 Å². The number of anilines is 1. The molecular formula is C14H21N3O2S. The van der Waals surface area contributed by atoms with Gasteiger partial charge in [0.25, 0.3) is 0 Å². The Balaban J connectivity index is 1.83. The van der Waals surface area contributed by atoms with E-state index in [9.17, 15) is 8.42 Å². The van der Waals surface area contributed by atoms with Gasteiger partial charge >= 0.3 is 0 Å². The number of pyridine rings is 1. The first kappa shape index (κ1) is 13.8. The number of fused-ring (bicyclic) bond motifs is 3. The van der Waals surface area contributed by atoms with Gasteiger partial charge in [-0.05, 0) is 25.0 Å². The molecule has 0 saturated carbocycles. The highest BCUT2D eigenvalue weighted by Gasteiger charge is 2.31. The van der Waals surface area contributed by atoms with E-state index in [0.717, 1.165) is 25.3 Å². The summed E-state index contributed by atoms with van der Waals surface area (Å²) in [6, 6.07) is 4.63. The molecule has 20 heavy (non-hydrogen) atoms. The van der Waals surface area contributed by atoms with Crippen molar-refractivity contribution in [3.8, 4) is 0 Å². The standard InChI is InChI=1S/C14H21N3O2S/c1-20(18,19)9-8-16-10-12-4-3-7-17(12)14-5-2-6-15-13(14)11-16/h2,5-6,12H,3-4,7-11H2,1H3/t12-/m0/s1. The van der Waals surface area contributed by atoms with Crippen LogP contribution < -0.4 is 4.90 Å². The Labute approximate surface area is 120 Å². The Hall–Kier alpha value is -1.14. The van der Waals surface area contributed by atoms with E-state index in [-0.39, 0.29) is 5.75 Å². The molecule has 3 rings (SSSR count). The summed E-state index contributed by atoms with van der Waals surface area (Å²) >= 11 is 0. The van der Waals surface area contributed by atoms with Gasteiger partial charge in [-0.15, -0.1) is 0 Å². The lowest BCUT2D eigenvalue weighted by molar-refractivity contribution is 0.268. The van der Waals surface area contributed by atoms with Gasteiger partial charge in [-0.3, -0.25) is 9.88 Å². The molecule has 1 saturated heterocycles. The van der Waals surface area contributed by atoms with Crippen LogP contribution in [0.1, 0.15) is 18.5 Å². The predicted molar refractivity (Wildman–Crippen MR) is 79.6 cm³/mol. The summed E-state index contributed by atoms with van der Waals surface area (Å²) in [5.74, 6) is 0.224. The average Bonchev–Trinajstić information content (AvgIpc) is 2.78. The van der Waals surface area contributed by atoms with Crippen LogP contribution >= 0.6 is 0 Å². The minimum absolute atomic E-state index is 0.224. The molecule has 0 unspecified atom stereocenters. The summed E-state index contributed by atoms with van der Waals surface area (Å²) in [6.07, 6.45) is 5.52. The number of hydrogen-bond donors (Lipinski definition) is 0. The van der Waals surface area contributed by atoms with Crippen molar-refractivity contribution in [2.75, 3.05) is 36.5 Å². The SMILES string of the molecule is CS(=O)(=O)CCN1Cc2ncccc2N2CCC[C@H]2C1. The van der Waals surface area contributed by atoms with Crippen molar-refractivity contribution < 1.29 is 8.42 Å². The van der Waals surface area contributed by atoms with Crippen LogP contribution in [0.2, 0.25) is 0 Å². The summed E-state index contributed by atoms with van der Waals surface area (Å²) < 4.78 is 22.8. The Morgan fingerprint density at radius 2 is 2.30 bits per heavy atom. The van der Waals surface area contributed by atoms with E-state index in [0.29, 0.717) is 12.6 Å². The third-order valence-corrected chi connectivity index (χ3v) is 5.10. The molecule has 5 nitrogen and oxygen atoms in total. The second-order valence-electron chi connectivity index (χ2n) is 5.82. The van der Waals surface area contributed by atoms with Gasteiger partial charge in [0.05, 0.1) is 17.1 Å². The highest BCUT2D eigenvalue weighted by Crippen LogP contribution is 2.31. The lowest BCUT2D eigenvalue weighted by Crippen LogP contribution is -2.39. The lowest BCUT2D eigenvalue weighted by atomic mass is 10.2. The molecule has 2 aliphatic rings. The summed E-state index contributed by atoms with van der Waals surface area (Å²) in [4.78, 5) is 9.19. The normalized spacial score (nSPS) is 23.2. The Morgan fingerprint density at radius 1 is 1.45 bits per heavy atom. The third-order valence-electron chi connectivity index (χ3n) is 4.17. The van der Waals surface area contributed by atoms with Crippen molar-refractivity contribution in [3.63, 3.8) is 0 Å². The number of nitrogens with zero attached hydrogens (tertiary/aromatic N) is 3. The second-order valence-corrected chi connectivity index (χ2v) is 8.08. The van der Waals surface area contributed by atoms with E-state index in [1.54, 1.807) is 0 Å². The second kappa shape index (κ2) is 5.33. The summed E-state index contributed by atoms with van der Waals surface area (Å²) in [5.41, 5.74) is 2.31. The number of sulfone groups is 1. The quantitative estimate of drug-likeness (QED) is 0.829. The van der Waals surface area contributed by atoms with E-state index >= 15 is 0 Å². The largest absolute Gasteiger partial charge is 0.366 e. The van der Waals surface area contributed by atoms with Crippen LogP contribution in [0.4, 0.5) is 5.69 Å². The van der Waals surface area contributed by atoms with Gasteiger partial charge in [-0.1, -0.05) is 0 Å². The number of rotatable bonds is 3. The first-order valence-electron chi connectivity index (χ1n) is 7.13. The predicted octanol–water partition coefficient (Wildman–Crippen LogP) is 0.911. The minimum atomic E-state index is -2.91. The van der Waals surface area contributed by atoms with Crippen LogP contribution in [-0.2, 0) is 16.4 Å². The summed E-state index contributed by atoms with van der Waals surface area (Å²) in [7, 11) is -2.91. The van der Waals surface area contributed by atoms with E-state index in [2.05, 4.69) is 20.9 Å². The van der Waals surface area contributed by atoms with Crippen molar-refractivity contribution in [3.05, 3.63) is 24.0 Å². The zero-order valence-corrected chi connectivity index (χ0v) is 12.6. The molecule has 0 N–H and O–H groups in total. The molecule has 1 atom stereocenters. The van der Waals surface area contributed by atoms with E-state index < -0.39 is 9.84 Å². The monoisotopic (exact) mass is 295 g/mol. The van der Waals surface area contributed by atoms with Gasteiger partial charge in [0.15, 0.2) is 0 Å². The Kier molecular flexibility index (Phi) is 3.69. The van der Waals surface area contributed by atoms with Gasteiger partial charge in [-0.2, -0.15) is 0 Å². The molecule has 0 aromatic carbocycles. The molecule has 0 spiro atoms. The molecule has 2 aliphatic heterocycles. The maximum absolute atomic E-state index is 11.4. The molecule has 1 aromatic rings. The molecule has 0 amide bonds. The summed E-state index contributed by atoms with van der Waals surface area (Å²) in [5, 5.41) is 0. The highest BCUT2D eigenvalue weighted by molar-refractivity contribution is 7.90. The topological polar surface area (TPSA) is 53.5 Å². The number of hydrogen-bond acceptors (Lipinski definition) is 5. The van der Waals surface area contributed by atoms with Gasteiger partial charge in [-0.25, -0.2) is 8.42 Å². The fourth-order valence-corrected chi connectivity index (χ4v) is 3.79. The van der Waals surface area contributed by atoms with E-state index in [1.807, 2.05) is 12.3 Å². The summed E-state index contributed by atoms with van der Waals surface area (Å²) in [6.45, 7) is 3.37. The molecule has 3 heterocycles. The maximum atomic E-state index is 11.4. The van der Waals surface area contributed by atoms with Crippen molar-refractivity contribution in [1.29, 1.82) is 0 Å². The minimum Gasteiger partial charge on any atom is -0.366 e. The molecule has 0 radical (unpaired) electrons. The van der Waals surface area contributed by atoms with Crippen molar-refractivity contribution in [1.82, 2.24) is 9.88 Å². The van der Waals surface area contributed by atoms with Crippen molar-refractivity contribution in [2.24, 2.45) is 0 Å². The molecule has 0 aliphatic carbocycles. The first-order chi connectivity index (χ1) is 9.53. The first-order valence-corrected chi connectivity index (χ1v) is 9.19. The molecule has 1 aromatic heterocycles. The van der Waals surface area contributed by atoms with Gasteiger partial charge < -0.3 is 4.90 Å². The van der Waals surface area contributed by atoms with Crippen LogP contribution in [0.15, 0.2) is 18.3 Å².